The molecule has 0 heterocycles. The third-order valence-electron chi connectivity index (χ3n) is 4.64. The summed E-state index contributed by atoms with van der Waals surface area (Å²) >= 11 is 30.7. The second-order valence-electron chi connectivity index (χ2n) is 7.09. The van der Waals surface area contributed by atoms with E-state index in [1.165, 1.54) is 24.3 Å². The van der Waals surface area contributed by atoms with E-state index in [0.717, 1.165) is 0 Å². The summed E-state index contributed by atoms with van der Waals surface area (Å²) in [6.45, 7) is 0. The first-order valence-electron chi connectivity index (χ1n) is 9.12. The minimum absolute atomic E-state index is 0.00146. The first-order chi connectivity index (χ1) is 15.3. The van der Waals surface area contributed by atoms with Gasteiger partial charge >= 0.3 is 6.18 Å². The van der Waals surface area contributed by atoms with E-state index in [2.05, 4.69) is 10.4 Å². The summed E-state index contributed by atoms with van der Waals surface area (Å²) in [7, 11) is 0. The van der Waals surface area contributed by atoms with Crippen LogP contribution in [0.2, 0.25) is 15.1 Å². The van der Waals surface area contributed by atoms with Crippen LogP contribution in [0.25, 0.3) is 0 Å². The van der Waals surface area contributed by atoms with Crippen LogP contribution in [0.4, 0.5) is 18.9 Å². The number of carbonyl (C=O) groups excluding carboxylic acids is 2. The molecule has 2 aromatic rings. The maximum Gasteiger partial charge on any atom is 0.394 e. The van der Waals surface area contributed by atoms with E-state index in [-0.39, 0.29) is 16.3 Å². The smallest absolute Gasteiger partial charge is 0.326 e. The Balaban J connectivity index is 1.71. The van der Waals surface area contributed by atoms with Crippen LogP contribution in [-0.4, -0.2) is 28.5 Å². The molecule has 13 heteroatoms. The summed E-state index contributed by atoms with van der Waals surface area (Å²) in [5.41, 5.74) is 2.61. The highest BCUT2D eigenvalue weighted by Gasteiger charge is 2.67. The quantitative estimate of drug-likeness (QED) is 0.230. The second-order valence-corrected chi connectivity index (χ2v) is 9.81. The molecule has 0 bridgehead atoms. The summed E-state index contributed by atoms with van der Waals surface area (Å²) in [5.74, 6) is -2.81. The Morgan fingerprint density at radius 3 is 2.30 bits per heavy atom. The van der Waals surface area contributed by atoms with Gasteiger partial charge in [-0.25, -0.2) is 5.43 Å². The van der Waals surface area contributed by atoms with Gasteiger partial charge in [-0.2, -0.15) is 18.3 Å². The van der Waals surface area contributed by atoms with Gasteiger partial charge in [0.2, 0.25) is 5.91 Å². The van der Waals surface area contributed by atoms with Crippen LogP contribution in [0.1, 0.15) is 28.3 Å². The van der Waals surface area contributed by atoms with Gasteiger partial charge in [0.15, 0.2) is 0 Å². The molecule has 33 heavy (non-hydrogen) atoms. The third kappa shape index (κ3) is 6.45. The van der Waals surface area contributed by atoms with Gasteiger partial charge in [0.05, 0.1) is 22.9 Å². The van der Waals surface area contributed by atoms with E-state index in [1.54, 1.807) is 12.1 Å². The summed E-state index contributed by atoms with van der Waals surface area (Å²) < 4.78 is 35.0. The summed E-state index contributed by atoms with van der Waals surface area (Å²) in [5, 5.41) is 6.55. The number of alkyl halides is 5. The standard InChI is InChI=1S/C20H13Cl5F3N3O2/c21-10-5-9(6-11(22)7-10)15-16(20(15,24)25)18(33)30-12-1-2-14(23)13(8-12)17(32)31-29-4-3-19(26,27)28/h1-2,4-8,15-16H,3H2,(H,30,33)(H,31,32)/b29-4+. The molecular formula is C20H13Cl5F3N3O2. The zero-order valence-corrected chi connectivity index (χ0v) is 20.0. The average molecular weight is 562 g/mol. The molecule has 2 unspecified atom stereocenters. The number of carbonyl (C=O) groups is 2. The molecule has 2 N–H and O–H groups in total. The fourth-order valence-electron chi connectivity index (χ4n) is 3.13. The molecule has 1 saturated carbocycles. The lowest BCUT2D eigenvalue weighted by atomic mass is 10.1. The van der Waals surface area contributed by atoms with E-state index in [4.69, 9.17) is 58.0 Å². The Kier molecular flexibility index (Phi) is 7.75. The van der Waals surface area contributed by atoms with Gasteiger partial charge in [0.1, 0.15) is 4.33 Å². The fourth-order valence-corrected chi connectivity index (χ4v) is 4.71. The Bertz CT molecular complexity index is 1100. The molecular weight excluding hydrogens is 548 g/mol. The number of nitrogens with zero attached hydrogens (tertiary/aromatic N) is 1. The van der Waals surface area contributed by atoms with Crippen molar-refractivity contribution in [3.05, 3.63) is 62.6 Å². The Hall–Kier alpha value is -1.71. The van der Waals surface area contributed by atoms with Crippen molar-refractivity contribution in [2.24, 2.45) is 11.0 Å². The largest absolute Gasteiger partial charge is 0.394 e. The molecule has 0 spiro atoms. The van der Waals surface area contributed by atoms with Crippen LogP contribution in [0.5, 0.6) is 0 Å². The highest BCUT2D eigenvalue weighted by molar-refractivity contribution is 6.53. The number of anilines is 1. The van der Waals surface area contributed by atoms with Crippen LogP contribution in [0.15, 0.2) is 41.5 Å². The number of hydrazone groups is 1. The van der Waals surface area contributed by atoms with Gasteiger partial charge in [0, 0.05) is 27.9 Å². The predicted molar refractivity (Wildman–Crippen MR) is 124 cm³/mol. The van der Waals surface area contributed by atoms with Crippen molar-refractivity contribution in [3.8, 4) is 0 Å². The molecule has 3 rings (SSSR count). The van der Waals surface area contributed by atoms with Crippen LogP contribution in [0.3, 0.4) is 0 Å². The minimum Gasteiger partial charge on any atom is -0.326 e. The van der Waals surface area contributed by atoms with Crippen molar-refractivity contribution in [1.29, 1.82) is 0 Å². The lowest BCUT2D eigenvalue weighted by molar-refractivity contribution is -0.120. The van der Waals surface area contributed by atoms with Gasteiger partial charge in [-0.05, 0) is 42.0 Å². The van der Waals surface area contributed by atoms with Crippen LogP contribution >= 0.6 is 58.0 Å². The maximum absolute atomic E-state index is 12.8. The third-order valence-corrected chi connectivity index (χ3v) is 6.35. The van der Waals surface area contributed by atoms with Crippen molar-refractivity contribution in [2.45, 2.75) is 22.8 Å². The number of amides is 2. The zero-order chi connectivity index (χ0) is 24.6. The number of benzene rings is 2. The van der Waals surface area contributed by atoms with E-state index in [1.807, 2.05) is 5.43 Å². The second kappa shape index (κ2) is 9.88. The van der Waals surface area contributed by atoms with Crippen LogP contribution < -0.4 is 10.7 Å². The molecule has 2 amide bonds. The van der Waals surface area contributed by atoms with E-state index in [9.17, 15) is 22.8 Å². The van der Waals surface area contributed by atoms with Crippen molar-refractivity contribution >= 4 is 81.7 Å². The molecule has 5 nitrogen and oxygen atoms in total. The molecule has 1 aliphatic rings. The van der Waals surface area contributed by atoms with E-state index < -0.39 is 40.6 Å². The monoisotopic (exact) mass is 559 g/mol. The molecule has 0 saturated heterocycles. The molecule has 176 valence electrons. The molecule has 0 aliphatic heterocycles. The zero-order valence-electron chi connectivity index (χ0n) is 16.2. The van der Waals surface area contributed by atoms with Crippen molar-refractivity contribution < 1.29 is 22.8 Å². The summed E-state index contributed by atoms with van der Waals surface area (Å²) in [4.78, 5) is 25.0. The molecule has 2 atom stereocenters. The number of hydrogen-bond acceptors (Lipinski definition) is 3. The maximum atomic E-state index is 12.8. The van der Waals surface area contributed by atoms with Crippen LogP contribution in [-0.2, 0) is 4.79 Å². The van der Waals surface area contributed by atoms with Crippen molar-refractivity contribution in [3.63, 3.8) is 0 Å². The van der Waals surface area contributed by atoms with Crippen LogP contribution in [0, 0.1) is 5.92 Å². The van der Waals surface area contributed by atoms with Gasteiger partial charge in [-0.15, -0.1) is 23.2 Å². The van der Waals surface area contributed by atoms with Crippen molar-refractivity contribution in [2.75, 3.05) is 5.32 Å². The van der Waals surface area contributed by atoms with E-state index in [0.29, 0.717) is 21.8 Å². The highest BCUT2D eigenvalue weighted by atomic mass is 35.5. The molecule has 0 radical (unpaired) electrons. The average Bonchev–Trinajstić information content (AvgIpc) is 3.27. The molecule has 0 aromatic heterocycles. The fraction of sp³-hybridized carbons (Fsp3) is 0.250. The Morgan fingerprint density at radius 1 is 1.06 bits per heavy atom. The van der Waals surface area contributed by atoms with Gasteiger partial charge < -0.3 is 5.32 Å². The molecule has 1 aliphatic carbocycles. The normalized spacial score (nSPS) is 19.4. The van der Waals surface area contributed by atoms with Gasteiger partial charge in [-0.1, -0.05) is 34.8 Å². The topological polar surface area (TPSA) is 70.6 Å². The molecule has 2 aromatic carbocycles. The Morgan fingerprint density at radius 2 is 1.70 bits per heavy atom. The van der Waals surface area contributed by atoms with E-state index >= 15 is 0 Å². The highest BCUT2D eigenvalue weighted by Crippen LogP contribution is 2.65. The first kappa shape index (κ1) is 25.9. The lowest BCUT2D eigenvalue weighted by Gasteiger charge is -2.09. The number of hydrogen-bond donors (Lipinski definition) is 2. The molecule has 1 fully saturated rings. The Labute approximate surface area is 211 Å². The first-order valence-corrected chi connectivity index (χ1v) is 11.0. The number of halogens is 8. The summed E-state index contributed by atoms with van der Waals surface area (Å²) in [6, 6.07) is 8.75. The lowest BCUT2D eigenvalue weighted by Crippen LogP contribution is -2.20. The number of nitrogens with one attached hydrogen (secondary N) is 2. The number of rotatable bonds is 6. The van der Waals surface area contributed by atoms with Gasteiger partial charge in [0.25, 0.3) is 5.91 Å². The predicted octanol–water partition coefficient (Wildman–Crippen LogP) is 6.84. The SMILES string of the molecule is O=C(N/N=C/CC(F)(F)F)c1cc(NC(=O)C2C(c3cc(Cl)cc(Cl)c3)C2(Cl)Cl)ccc1Cl. The van der Waals surface area contributed by atoms with Crippen molar-refractivity contribution in [1.82, 2.24) is 5.43 Å². The van der Waals surface area contributed by atoms with Gasteiger partial charge in [-0.3, -0.25) is 9.59 Å². The minimum atomic E-state index is -4.45. The summed E-state index contributed by atoms with van der Waals surface area (Å²) in [6.07, 6.45) is -5.25.